The van der Waals surface area contributed by atoms with Gasteiger partial charge in [-0.2, -0.15) is 0 Å². The maximum Gasteiger partial charge on any atom is 0.331 e. The van der Waals surface area contributed by atoms with E-state index in [9.17, 15) is 9.59 Å². The zero-order chi connectivity index (χ0) is 19.9. The molecule has 6 heteroatoms. The predicted molar refractivity (Wildman–Crippen MR) is 106 cm³/mol. The highest BCUT2D eigenvalue weighted by molar-refractivity contribution is 5.90. The van der Waals surface area contributed by atoms with Crippen molar-refractivity contribution in [3.63, 3.8) is 0 Å². The molecule has 1 N–H and O–H groups in total. The minimum atomic E-state index is -0.824. The number of ether oxygens (including phenoxy) is 3. The zero-order valence-corrected chi connectivity index (χ0v) is 16.6. The Morgan fingerprint density at radius 1 is 1.14 bits per heavy atom. The van der Waals surface area contributed by atoms with Gasteiger partial charge in [-0.1, -0.05) is 25.8 Å². The summed E-state index contributed by atoms with van der Waals surface area (Å²) in [6.07, 6.45) is 7.43. The second-order valence-electron chi connectivity index (χ2n) is 7.55. The van der Waals surface area contributed by atoms with Crippen LogP contribution in [0.4, 0.5) is 0 Å². The Labute approximate surface area is 166 Å². The van der Waals surface area contributed by atoms with Gasteiger partial charge in [0.15, 0.2) is 17.6 Å². The molecule has 0 aromatic heterocycles. The molecule has 0 bridgehead atoms. The van der Waals surface area contributed by atoms with Crippen LogP contribution in [0.25, 0.3) is 6.08 Å². The van der Waals surface area contributed by atoms with Gasteiger partial charge in [-0.05, 0) is 49.5 Å². The summed E-state index contributed by atoms with van der Waals surface area (Å²) in [4.78, 5) is 24.4. The lowest BCUT2D eigenvalue weighted by atomic mass is 9.86. The molecule has 1 aromatic rings. The Balaban J connectivity index is 1.51. The number of rotatable bonds is 5. The van der Waals surface area contributed by atoms with Gasteiger partial charge < -0.3 is 19.5 Å². The number of carbonyl (C=O) groups is 2. The van der Waals surface area contributed by atoms with Gasteiger partial charge in [0.2, 0.25) is 0 Å². The lowest BCUT2D eigenvalue weighted by molar-refractivity contribution is -0.150. The molecule has 28 heavy (non-hydrogen) atoms. The van der Waals surface area contributed by atoms with Crippen LogP contribution in [0, 0.1) is 5.92 Å². The number of amides is 1. The van der Waals surface area contributed by atoms with Crippen molar-refractivity contribution >= 4 is 18.0 Å². The fourth-order valence-electron chi connectivity index (χ4n) is 3.55. The Hall–Kier alpha value is -2.50. The van der Waals surface area contributed by atoms with E-state index < -0.39 is 12.1 Å². The molecular weight excluding hydrogens is 358 g/mol. The third-order valence-electron chi connectivity index (χ3n) is 5.28. The van der Waals surface area contributed by atoms with Crippen LogP contribution >= 0.6 is 0 Å². The number of nitrogens with one attached hydrogen (secondary N) is 1. The van der Waals surface area contributed by atoms with Crippen LogP contribution in [0.3, 0.4) is 0 Å². The third-order valence-corrected chi connectivity index (χ3v) is 5.28. The molecule has 1 aromatic carbocycles. The van der Waals surface area contributed by atoms with Gasteiger partial charge in [0.05, 0.1) is 13.2 Å². The van der Waals surface area contributed by atoms with Crippen molar-refractivity contribution in [1.29, 1.82) is 0 Å². The van der Waals surface area contributed by atoms with Gasteiger partial charge in [0, 0.05) is 18.5 Å². The number of fused-ring (bicyclic) bond motifs is 1. The lowest BCUT2D eigenvalue weighted by Crippen LogP contribution is -2.45. The monoisotopic (exact) mass is 387 g/mol. The molecule has 0 saturated heterocycles. The molecule has 0 spiro atoms. The summed E-state index contributed by atoms with van der Waals surface area (Å²) < 4.78 is 16.5. The van der Waals surface area contributed by atoms with Crippen molar-refractivity contribution in [2.45, 2.75) is 58.1 Å². The molecule has 1 fully saturated rings. The van der Waals surface area contributed by atoms with Crippen molar-refractivity contribution < 1.29 is 23.8 Å². The molecule has 1 aliphatic heterocycles. The number of esters is 1. The minimum absolute atomic E-state index is 0.166. The van der Waals surface area contributed by atoms with Crippen molar-refractivity contribution in [2.75, 3.05) is 13.2 Å². The highest BCUT2D eigenvalue weighted by Gasteiger charge is 2.26. The average Bonchev–Trinajstić information content (AvgIpc) is 2.93. The quantitative estimate of drug-likeness (QED) is 0.618. The molecule has 152 valence electrons. The largest absolute Gasteiger partial charge is 0.490 e. The van der Waals surface area contributed by atoms with Crippen LogP contribution in [0.2, 0.25) is 0 Å². The molecule has 2 aliphatic rings. The van der Waals surface area contributed by atoms with Gasteiger partial charge in [-0.15, -0.1) is 0 Å². The summed E-state index contributed by atoms with van der Waals surface area (Å²) >= 11 is 0. The predicted octanol–water partition coefficient (Wildman–Crippen LogP) is 3.49. The van der Waals surface area contributed by atoms with Crippen LogP contribution in [0.1, 0.15) is 51.5 Å². The van der Waals surface area contributed by atoms with E-state index in [1.54, 1.807) is 13.0 Å². The van der Waals surface area contributed by atoms with Gasteiger partial charge in [0.25, 0.3) is 5.91 Å². The first-order chi connectivity index (χ1) is 13.5. The average molecular weight is 387 g/mol. The molecule has 0 radical (unpaired) electrons. The summed E-state index contributed by atoms with van der Waals surface area (Å²) in [6.45, 7) is 4.99. The normalized spacial score (nSPS) is 22.9. The molecule has 1 saturated carbocycles. The van der Waals surface area contributed by atoms with Crippen LogP contribution in [0.5, 0.6) is 11.5 Å². The maximum absolute atomic E-state index is 12.3. The summed E-state index contributed by atoms with van der Waals surface area (Å²) in [7, 11) is 0. The number of hydrogen-bond acceptors (Lipinski definition) is 5. The summed E-state index contributed by atoms with van der Waals surface area (Å²) in [5, 5.41) is 3.02. The molecule has 1 amide bonds. The van der Waals surface area contributed by atoms with Crippen molar-refractivity contribution in [3.8, 4) is 11.5 Å². The molecule has 6 nitrogen and oxygen atoms in total. The molecule has 1 aliphatic carbocycles. The van der Waals surface area contributed by atoms with E-state index in [2.05, 4.69) is 12.2 Å². The van der Waals surface area contributed by atoms with E-state index in [1.807, 2.05) is 18.2 Å². The molecule has 3 atom stereocenters. The smallest absolute Gasteiger partial charge is 0.331 e. The zero-order valence-electron chi connectivity index (χ0n) is 16.6. The van der Waals surface area contributed by atoms with Crippen molar-refractivity contribution in [1.82, 2.24) is 5.32 Å². The highest BCUT2D eigenvalue weighted by Crippen LogP contribution is 2.30. The van der Waals surface area contributed by atoms with E-state index in [4.69, 9.17) is 14.2 Å². The first-order valence-corrected chi connectivity index (χ1v) is 10.1. The fraction of sp³-hybridized carbons (Fsp3) is 0.545. The first kappa shape index (κ1) is 20.2. The Morgan fingerprint density at radius 2 is 1.89 bits per heavy atom. The second kappa shape index (κ2) is 9.62. The van der Waals surface area contributed by atoms with Crippen molar-refractivity contribution in [2.24, 2.45) is 5.92 Å². The first-order valence-electron chi connectivity index (χ1n) is 10.1. The van der Waals surface area contributed by atoms with Crippen LogP contribution in [-0.2, 0) is 14.3 Å². The summed E-state index contributed by atoms with van der Waals surface area (Å²) in [5.74, 6) is 1.05. The molecule has 0 unspecified atom stereocenters. The van der Waals surface area contributed by atoms with E-state index in [0.29, 0.717) is 30.6 Å². The number of carbonyl (C=O) groups excluding carboxylic acids is 2. The van der Waals surface area contributed by atoms with Crippen molar-refractivity contribution in [3.05, 3.63) is 29.8 Å². The van der Waals surface area contributed by atoms with E-state index >= 15 is 0 Å². The molecule has 1 heterocycles. The SMILES string of the molecule is C[C@@H]1CCCC[C@@H]1NC(=O)[C@@H](C)OC(=O)/C=C/c1ccc2c(c1)OCCCO2. The topological polar surface area (TPSA) is 73.9 Å². The lowest BCUT2D eigenvalue weighted by Gasteiger charge is -2.30. The van der Waals surface area contributed by atoms with E-state index in [0.717, 1.165) is 31.2 Å². The Morgan fingerprint density at radius 3 is 2.68 bits per heavy atom. The van der Waals surface area contributed by atoms with Crippen LogP contribution < -0.4 is 14.8 Å². The van der Waals surface area contributed by atoms with Gasteiger partial charge in [-0.3, -0.25) is 4.79 Å². The Bertz CT molecular complexity index is 730. The van der Waals surface area contributed by atoms with E-state index in [1.165, 1.54) is 12.5 Å². The summed E-state index contributed by atoms with van der Waals surface area (Å²) in [5.41, 5.74) is 0.800. The highest BCUT2D eigenvalue weighted by atomic mass is 16.5. The minimum Gasteiger partial charge on any atom is -0.490 e. The van der Waals surface area contributed by atoms with Crippen LogP contribution in [0.15, 0.2) is 24.3 Å². The third kappa shape index (κ3) is 5.50. The van der Waals surface area contributed by atoms with Gasteiger partial charge >= 0.3 is 5.97 Å². The van der Waals surface area contributed by atoms with Gasteiger partial charge in [0.1, 0.15) is 0 Å². The maximum atomic E-state index is 12.3. The standard InChI is InChI=1S/C22H29NO5/c1-15-6-3-4-7-18(15)23-22(25)16(2)28-21(24)11-9-17-8-10-19-20(14-17)27-13-5-12-26-19/h8-11,14-16,18H,3-7,12-13H2,1-2H3,(H,23,25)/b11-9+/t15-,16-,18+/m1/s1. The summed E-state index contributed by atoms with van der Waals surface area (Å²) in [6, 6.07) is 5.66. The van der Waals surface area contributed by atoms with Crippen LogP contribution in [-0.4, -0.2) is 37.2 Å². The van der Waals surface area contributed by atoms with Gasteiger partial charge in [-0.25, -0.2) is 4.79 Å². The number of hydrogen-bond donors (Lipinski definition) is 1. The number of benzene rings is 1. The fourth-order valence-corrected chi connectivity index (χ4v) is 3.55. The molecule has 3 rings (SSSR count). The second-order valence-corrected chi connectivity index (χ2v) is 7.55. The molecular formula is C22H29NO5. The van der Waals surface area contributed by atoms with E-state index in [-0.39, 0.29) is 11.9 Å². The Kier molecular flexibility index (Phi) is 6.95.